The molecule has 2 aromatic rings. The molecule has 0 amide bonds. The molecule has 8 nitrogen and oxygen atoms in total. The number of nitrogens with one attached hydrogen (secondary N) is 2. The van der Waals surface area contributed by atoms with E-state index in [2.05, 4.69) is 19.9 Å². The van der Waals surface area contributed by atoms with Crippen LogP contribution in [-0.4, -0.2) is 37.8 Å². The summed E-state index contributed by atoms with van der Waals surface area (Å²) in [4.78, 5) is 3.72. The van der Waals surface area contributed by atoms with E-state index in [1.54, 1.807) is 0 Å². The summed E-state index contributed by atoms with van der Waals surface area (Å²) >= 11 is 0. The number of benzene rings is 1. The Kier molecular flexibility index (Phi) is 3.56. The van der Waals surface area contributed by atoms with Crippen LogP contribution in [0.25, 0.3) is 0 Å². The molecule has 0 saturated carbocycles. The summed E-state index contributed by atoms with van der Waals surface area (Å²) in [5.41, 5.74) is 0. The zero-order valence-electron chi connectivity index (χ0n) is 10.2. The highest BCUT2D eigenvalue weighted by Gasteiger charge is 2.18. The number of aromatic amines is 1. The second kappa shape index (κ2) is 5.14. The van der Waals surface area contributed by atoms with Crippen molar-refractivity contribution in [2.75, 3.05) is 18.9 Å². The molecule has 0 atom stereocenters. The standard InChI is InChI=1S/C10H12N4O4S/c1-17-8-4-3-7(5-9(8)18-2)19(15,16)14-10-11-6-12-13-10/h3-6H,1-2H3,(H2,11,12,13,14). The number of sulfonamides is 1. The molecule has 0 aliphatic rings. The first-order chi connectivity index (χ1) is 9.06. The minimum absolute atomic E-state index is 0.0292. The first kappa shape index (κ1) is 13.1. The highest BCUT2D eigenvalue weighted by Crippen LogP contribution is 2.29. The van der Waals surface area contributed by atoms with Gasteiger partial charge < -0.3 is 9.47 Å². The second-order valence-corrected chi connectivity index (χ2v) is 5.14. The first-order valence-corrected chi connectivity index (χ1v) is 6.65. The van der Waals surface area contributed by atoms with Crippen molar-refractivity contribution in [3.8, 4) is 11.5 Å². The molecule has 0 saturated heterocycles. The van der Waals surface area contributed by atoms with Gasteiger partial charge in [-0.1, -0.05) is 0 Å². The minimum Gasteiger partial charge on any atom is -0.493 e. The van der Waals surface area contributed by atoms with E-state index < -0.39 is 10.0 Å². The van der Waals surface area contributed by atoms with Gasteiger partial charge in [0.15, 0.2) is 11.5 Å². The normalized spacial score (nSPS) is 11.1. The maximum atomic E-state index is 12.1. The van der Waals surface area contributed by atoms with Crippen molar-refractivity contribution < 1.29 is 17.9 Å². The average molecular weight is 284 g/mol. The fourth-order valence-corrected chi connectivity index (χ4v) is 2.40. The SMILES string of the molecule is COc1ccc(S(=O)(=O)Nc2ncn[nH]2)cc1OC. The largest absolute Gasteiger partial charge is 0.493 e. The average Bonchev–Trinajstić information content (AvgIpc) is 2.89. The Morgan fingerprint density at radius 1 is 1.21 bits per heavy atom. The van der Waals surface area contributed by atoms with Crippen molar-refractivity contribution >= 4 is 16.0 Å². The smallest absolute Gasteiger partial charge is 0.264 e. The molecule has 0 aliphatic heterocycles. The van der Waals surface area contributed by atoms with Gasteiger partial charge in [0.05, 0.1) is 19.1 Å². The van der Waals surface area contributed by atoms with Gasteiger partial charge >= 0.3 is 0 Å². The maximum Gasteiger partial charge on any atom is 0.264 e. The fourth-order valence-electron chi connectivity index (χ4n) is 1.42. The van der Waals surface area contributed by atoms with Crippen LogP contribution in [-0.2, 0) is 10.0 Å². The number of hydrogen-bond donors (Lipinski definition) is 2. The predicted molar refractivity (Wildman–Crippen MR) is 66.7 cm³/mol. The lowest BCUT2D eigenvalue weighted by Gasteiger charge is -2.10. The molecule has 9 heteroatoms. The molecule has 0 spiro atoms. The molecule has 0 bridgehead atoms. The molecule has 0 radical (unpaired) electrons. The van der Waals surface area contributed by atoms with Crippen LogP contribution in [0.5, 0.6) is 11.5 Å². The zero-order chi connectivity index (χ0) is 13.9. The molecule has 19 heavy (non-hydrogen) atoms. The predicted octanol–water partition coefficient (Wildman–Crippen LogP) is 0.623. The van der Waals surface area contributed by atoms with Gasteiger partial charge in [-0.3, -0.25) is 0 Å². The quantitative estimate of drug-likeness (QED) is 0.833. The lowest BCUT2D eigenvalue weighted by Crippen LogP contribution is -2.14. The van der Waals surface area contributed by atoms with Gasteiger partial charge in [0.2, 0.25) is 5.95 Å². The summed E-state index contributed by atoms with van der Waals surface area (Å²) in [7, 11) is -0.860. The third-order valence-electron chi connectivity index (χ3n) is 2.31. The van der Waals surface area contributed by atoms with Gasteiger partial charge in [-0.25, -0.2) is 18.2 Å². The molecule has 2 N–H and O–H groups in total. The van der Waals surface area contributed by atoms with Crippen molar-refractivity contribution in [3.63, 3.8) is 0 Å². The van der Waals surface area contributed by atoms with Crippen LogP contribution in [0.1, 0.15) is 0 Å². The summed E-state index contributed by atoms with van der Waals surface area (Å²) in [6.07, 6.45) is 1.20. The highest BCUT2D eigenvalue weighted by molar-refractivity contribution is 7.92. The Labute approximate surface area is 109 Å². The topological polar surface area (TPSA) is 106 Å². The summed E-state index contributed by atoms with van der Waals surface area (Å²) in [5.74, 6) is 0.804. The molecule has 102 valence electrons. The van der Waals surface area contributed by atoms with Gasteiger partial charge in [0, 0.05) is 6.07 Å². The van der Waals surface area contributed by atoms with Crippen LogP contribution in [0.3, 0.4) is 0 Å². The van der Waals surface area contributed by atoms with Crippen LogP contribution in [0.2, 0.25) is 0 Å². The van der Waals surface area contributed by atoms with Crippen LogP contribution >= 0.6 is 0 Å². The van der Waals surface area contributed by atoms with E-state index in [-0.39, 0.29) is 10.8 Å². The number of methoxy groups -OCH3 is 2. The first-order valence-electron chi connectivity index (χ1n) is 5.17. The maximum absolute atomic E-state index is 12.1. The van der Waals surface area contributed by atoms with E-state index in [1.165, 1.54) is 38.7 Å². The number of anilines is 1. The van der Waals surface area contributed by atoms with Crippen LogP contribution in [0.15, 0.2) is 29.4 Å². The Morgan fingerprint density at radius 3 is 2.53 bits per heavy atom. The second-order valence-electron chi connectivity index (χ2n) is 3.46. The van der Waals surface area contributed by atoms with Gasteiger partial charge in [-0.2, -0.15) is 10.1 Å². The third-order valence-corrected chi connectivity index (χ3v) is 3.65. The van der Waals surface area contributed by atoms with Crippen molar-refractivity contribution in [1.29, 1.82) is 0 Å². The van der Waals surface area contributed by atoms with Gasteiger partial charge in [0.1, 0.15) is 6.33 Å². The molecule has 1 heterocycles. The molecule has 0 unspecified atom stereocenters. The summed E-state index contributed by atoms with van der Waals surface area (Å²) in [6.45, 7) is 0. The van der Waals surface area contributed by atoms with Crippen molar-refractivity contribution in [2.24, 2.45) is 0 Å². The van der Waals surface area contributed by atoms with Crippen LogP contribution in [0, 0.1) is 0 Å². The summed E-state index contributed by atoms with van der Waals surface area (Å²) in [5, 5.41) is 5.96. The lowest BCUT2D eigenvalue weighted by atomic mass is 10.3. The van der Waals surface area contributed by atoms with Gasteiger partial charge in [-0.05, 0) is 12.1 Å². The summed E-state index contributed by atoms with van der Waals surface area (Å²) < 4.78 is 36.5. The van der Waals surface area contributed by atoms with Crippen LogP contribution in [0.4, 0.5) is 5.95 Å². The van der Waals surface area contributed by atoms with E-state index in [0.29, 0.717) is 11.5 Å². The van der Waals surface area contributed by atoms with E-state index in [1.807, 2.05) is 0 Å². The molecular weight excluding hydrogens is 272 g/mol. The Hall–Kier alpha value is -2.29. The molecule has 0 fully saturated rings. The molecule has 2 rings (SSSR count). The van der Waals surface area contributed by atoms with E-state index in [9.17, 15) is 8.42 Å². The fraction of sp³-hybridized carbons (Fsp3) is 0.200. The number of ether oxygens (including phenoxy) is 2. The zero-order valence-corrected chi connectivity index (χ0v) is 11.1. The number of aromatic nitrogens is 3. The number of H-pyrrole nitrogens is 1. The van der Waals surface area contributed by atoms with E-state index >= 15 is 0 Å². The molecular formula is C10H12N4O4S. The number of nitrogens with zero attached hydrogens (tertiary/aromatic N) is 2. The number of hydrogen-bond acceptors (Lipinski definition) is 6. The minimum atomic E-state index is -3.76. The molecule has 1 aromatic carbocycles. The van der Waals surface area contributed by atoms with Crippen molar-refractivity contribution in [2.45, 2.75) is 4.90 Å². The molecule has 1 aromatic heterocycles. The van der Waals surface area contributed by atoms with Gasteiger partial charge in [-0.15, -0.1) is 0 Å². The van der Waals surface area contributed by atoms with E-state index in [0.717, 1.165) is 0 Å². The number of rotatable bonds is 5. The lowest BCUT2D eigenvalue weighted by molar-refractivity contribution is 0.354. The van der Waals surface area contributed by atoms with Gasteiger partial charge in [0.25, 0.3) is 10.0 Å². The van der Waals surface area contributed by atoms with E-state index in [4.69, 9.17) is 9.47 Å². The Balaban J connectivity index is 2.35. The highest BCUT2D eigenvalue weighted by atomic mass is 32.2. The molecule has 0 aliphatic carbocycles. The van der Waals surface area contributed by atoms with Crippen LogP contribution < -0.4 is 14.2 Å². The van der Waals surface area contributed by atoms with Crippen molar-refractivity contribution in [3.05, 3.63) is 24.5 Å². The van der Waals surface area contributed by atoms with Crippen molar-refractivity contribution in [1.82, 2.24) is 15.2 Å². The Bertz CT molecular complexity index is 654. The third kappa shape index (κ3) is 2.76. The summed E-state index contributed by atoms with van der Waals surface area (Å²) in [6, 6.07) is 4.27. The Morgan fingerprint density at radius 2 is 1.95 bits per heavy atom. The monoisotopic (exact) mass is 284 g/mol.